The van der Waals surface area contributed by atoms with E-state index in [4.69, 9.17) is 4.74 Å². The van der Waals surface area contributed by atoms with Crippen molar-refractivity contribution in [3.63, 3.8) is 0 Å². The Labute approximate surface area is 141 Å². The quantitative estimate of drug-likeness (QED) is 0.520. The molecule has 0 bridgehead atoms. The molecule has 8 heteroatoms. The molecule has 1 aromatic rings. The highest BCUT2D eigenvalue weighted by Crippen LogP contribution is 2.28. The van der Waals surface area contributed by atoms with E-state index in [1.54, 1.807) is 19.1 Å². The molecule has 0 aliphatic carbocycles. The van der Waals surface area contributed by atoms with Crippen LogP contribution in [0, 0.1) is 6.92 Å². The lowest BCUT2D eigenvalue weighted by atomic mass is 10.2. The third kappa shape index (κ3) is 5.69. The Morgan fingerprint density at radius 2 is 1.95 bits per heavy atom. The monoisotopic (exact) mass is 441 g/mol. The molecule has 1 aromatic carbocycles. The first-order chi connectivity index (χ1) is 9.77. The summed E-state index contributed by atoms with van der Waals surface area (Å²) in [4.78, 5) is 11.3. The zero-order valence-electron chi connectivity index (χ0n) is 11.8. The Balaban J connectivity index is 2.66. The molecule has 0 aliphatic heterocycles. The average molecular weight is 443 g/mol. The van der Waals surface area contributed by atoms with Crippen LogP contribution in [0.1, 0.15) is 25.3 Å². The molecule has 0 unspecified atom stereocenters. The molecule has 1 N–H and O–H groups in total. The first-order valence-electron chi connectivity index (χ1n) is 6.39. The van der Waals surface area contributed by atoms with E-state index in [2.05, 4.69) is 36.6 Å². The number of benzene rings is 1. The molecular weight excluding hydrogens is 426 g/mol. The van der Waals surface area contributed by atoms with E-state index in [9.17, 15) is 13.2 Å². The van der Waals surface area contributed by atoms with Gasteiger partial charge in [0.15, 0.2) is 0 Å². The van der Waals surface area contributed by atoms with E-state index in [-0.39, 0.29) is 23.8 Å². The molecule has 0 saturated carbocycles. The number of nitrogens with one attached hydrogen (secondary N) is 1. The molecular formula is C13H17Br2NO4S. The van der Waals surface area contributed by atoms with Gasteiger partial charge in [0.25, 0.3) is 0 Å². The van der Waals surface area contributed by atoms with Gasteiger partial charge in [-0.2, -0.15) is 0 Å². The van der Waals surface area contributed by atoms with Crippen LogP contribution in [0.15, 0.2) is 26.0 Å². The molecule has 0 amide bonds. The summed E-state index contributed by atoms with van der Waals surface area (Å²) in [5, 5.41) is 0. The molecule has 5 nitrogen and oxygen atoms in total. The summed E-state index contributed by atoms with van der Waals surface area (Å²) < 4.78 is 32.9. The van der Waals surface area contributed by atoms with Gasteiger partial charge in [0.05, 0.1) is 11.5 Å². The minimum absolute atomic E-state index is 0.163. The molecule has 0 heterocycles. The van der Waals surface area contributed by atoms with Crippen LogP contribution >= 0.6 is 31.9 Å². The summed E-state index contributed by atoms with van der Waals surface area (Å²) in [6, 6.07) is 3.28. The van der Waals surface area contributed by atoms with Crippen molar-refractivity contribution < 1.29 is 17.9 Å². The highest BCUT2D eigenvalue weighted by molar-refractivity contribution is 9.11. The molecule has 0 saturated heterocycles. The van der Waals surface area contributed by atoms with Crippen LogP contribution in [0.3, 0.4) is 0 Å². The lowest BCUT2D eigenvalue weighted by Gasteiger charge is -2.10. The lowest BCUT2D eigenvalue weighted by molar-refractivity contribution is -0.143. The summed E-state index contributed by atoms with van der Waals surface area (Å²) in [5.41, 5.74) is 0.933. The molecule has 0 fully saturated rings. The van der Waals surface area contributed by atoms with Gasteiger partial charge < -0.3 is 4.74 Å². The lowest BCUT2D eigenvalue weighted by Crippen LogP contribution is -2.25. The van der Waals surface area contributed by atoms with Crippen LogP contribution in [-0.4, -0.2) is 27.5 Å². The van der Waals surface area contributed by atoms with Crippen molar-refractivity contribution in [2.45, 2.75) is 31.6 Å². The summed E-state index contributed by atoms with van der Waals surface area (Å²) in [7, 11) is -3.62. The fraction of sp³-hybridized carbons (Fsp3) is 0.462. The summed E-state index contributed by atoms with van der Waals surface area (Å²) >= 11 is 6.57. The Kier molecular flexibility index (Phi) is 7.32. The van der Waals surface area contributed by atoms with E-state index in [0.717, 1.165) is 10.0 Å². The van der Waals surface area contributed by atoms with Crippen LogP contribution in [-0.2, 0) is 19.6 Å². The third-order valence-corrected chi connectivity index (χ3v) is 5.93. The number of hydrogen-bond donors (Lipinski definition) is 1. The molecule has 0 spiro atoms. The molecule has 21 heavy (non-hydrogen) atoms. The molecule has 1 rings (SSSR count). The topological polar surface area (TPSA) is 72.5 Å². The van der Waals surface area contributed by atoms with Crippen molar-refractivity contribution in [1.29, 1.82) is 0 Å². The number of esters is 1. The van der Waals surface area contributed by atoms with Gasteiger partial charge in [-0.05, 0) is 53.9 Å². The fourth-order valence-electron chi connectivity index (χ4n) is 1.58. The van der Waals surface area contributed by atoms with Crippen molar-refractivity contribution in [1.82, 2.24) is 4.72 Å². The Hall–Kier alpha value is -0.440. The Bertz CT molecular complexity index is 617. The fourth-order valence-corrected chi connectivity index (χ4v) is 4.33. The third-order valence-electron chi connectivity index (χ3n) is 2.66. The first-order valence-corrected chi connectivity index (χ1v) is 9.45. The maximum atomic E-state index is 12.2. The van der Waals surface area contributed by atoms with Crippen molar-refractivity contribution >= 4 is 47.9 Å². The highest BCUT2D eigenvalue weighted by Gasteiger charge is 2.18. The zero-order chi connectivity index (χ0) is 16.0. The van der Waals surface area contributed by atoms with E-state index >= 15 is 0 Å². The number of ether oxygens (including phenoxy) is 1. The summed E-state index contributed by atoms with van der Waals surface area (Å²) in [6.07, 6.45) is 0.581. The standard InChI is InChI=1S/C13H17Br2NO4S/c1-3-20-13(17)5-4-6-16-21(18,19)12-8-10(14)9(2)7-11(12)15/h7-8,16H,3-6H2,1-2H3. The largest absolute Gasteiger partial charge is 0.466 e. The summed E-state index contributed by atoms with van der Waals surface area (Å²) in [5.74, 6) is -0.323. The van der Waals surface area contributed by atoms with Gasteiger partial charge in [-0.1, -0.05) is 15.9 Å². The molecule has 0 radical (unpaired) electrons. The average Bonchev–Trinajstić information content (AvgIpc) is 2.39. The maximum Gasteiger partial charge on any atom is 0.305 e. The second kappa shape index (κ2) is 8.26. The molecule has 118 valence electrons. The predicted molar refractivity (Wildman–Crippen MR) is 87.6 cm³/mol. The van der Waals surface area contributed by atoms with Crippen molar-refractivity contribution in [3.05, 3.63) is 26.6 Å². The van der Waals surface area contributed by atoms with E-state index in [0.29, 0.717) is 17.5 Å². The maximum absolute atomic E-state index is 12.2. The van der Waals surface area contributed by atoms with Gasteiger partial charge in [0.1, 0.15) is 0 Å². The number of hydrogen-bond acceptors (Lipinski definition) is 4. The van der Waals surface area contributed by atoms with Crippen molar-refractivity contribution in [3.8, 4) is 0 Å². The molecule has 0 aromatic heterocycles. The number of aryl methyl sites for hydroxylation is 1. The van der Waals surface area contributed by atoms with E-state index < -0.39 is 10.0 Å². The Morgan fingerprint density at radius 1 is 1.29 bits per heavy atom. The summed E-state index contributed by atoms with van der Waals surface area (Å²) in [6.45, 7) is 4.11. The number of sulfonamides is 1. The second-order valence-corrected chi connectivity index (χ2v) is 7.78. The van der Waals surface area contributed by atoms with Gasteiger partial charge in [-0.3, -0.25) is 4.79 Å². The van der Waals surface area contributed by atoms with Crippen LogP contribution in [0.5, 0.6) is 0 Å². The Morgan fingerprint density at radius 3 is 2.57 bits per heavy atom. The van der Waals surface area contributed by atoms with Crippen molar-refractivity contribution in [2.75, 3.05) is 13.2 Å². The van der Waals surface area contributed by atoms with Gasteiger partial charge in [0.2, 0.25) is 10.0 Å². The normalized spacial score (nSPS) is 11.4. The number of halogens is 2. The molecule has 0 atom stereocenters. The minimum Gasteiger partial charge on any atom is -0.466 e. The first kappa shape index (κ1) is 18.6. The second-order valence-electron chi connectivity index (χ2n) is 4.34. The zero-order valence-corrected chi connectivity index (χ0v) is 15.8. The number of carbonyl (C=O) groups excluding carboxylic acids is 1. The van der Waals surface area contributed by atoms with Gasteiger partial charge in [0, 0.05) is 21.9 Å². The van der Waals surface area contributed by atoms with Gasteiger partial charge >= 0.3 is 5.97 Å². The van der Waals surface area contributed by atoms with Crippen LogP contribution in [0.4, 0.5) is 0 Å². The number of rotatable bonds is 7. The van der Waals surface area contributed by atoms with E-state index in [1.807, 2.05) is 6.92 Å². The van der Waals surface area contributed by atoms with Crippen LogP contribution < -0.4 is 4.72 Å². The predicted octanol–water partition coefficient (Wildman–Crippen LogP) is 3.14. The van der Waals surface area contributed by atoms with Crippen molar-refractivity contribution in [2.24, 2.45) is 0 Å². The van der Waals surface area contributed by atoms with Gasteiger partial charge in [-0.15, -0.1) is 0 Å². The molecule has 0 aliphatic rings. The van der Waals surface area contributed by atoms with Crippen LogP contribution in [0.25, 0.3) is 0 Å². The number of carbonyl (C=O) groups is 1. The van der Waals surface area contributed by atoms with Gasteiger partial charge in [-0.25, -0.2) is 13.1 Å². The highest BCUT2D eigenvalue weighted by atomic mass is 79.9. The smallest absolute Gasteiger partial charge is 0.305 e. The van der Waals surface area contributed by atoms with Crippen LogP contribution in [0.2, 0.25) is 0 Å². The minimum atomic E-state index is -3.62. The SMILES string of the molecule is CCOC(=O)CCCNS(=O)(=O)c1cc(Br)c(C)cc1Br. The van der Waals surface area contributed by atoms with E-state index in [1.165, 1.54) is 0 Å².